The molecule has 0 bridgehead atoms. The lowest BCUT2D eigenvalue weighted by Gasteiger charge is -2.11. The largest absolute Gasteiger partial charge is 0.311 e. The van der Waals surface area contributed by atoms with E-state index in [1.807, 2.05) is 13.8 Å². The number of benzene rings is 1. The first kappa shape index (κ1) is 10.2. The fourth-order valence-corrected chi connectivity index (χ4v) is 1.61. The van der Waals surface area contributed by atoms with Crippen LogP contribution in [0.4, 0.5) is 5.69 Å². The second-order valence-corrected chi connectivity index (χ2v) is 3.51. The van der Waals surface area contributed by atoms with Crippen molar-refractivity contribution in [2.75, 3.05) is 5.43 Å². The Hall–Kier alpha value is -0.920. The molecule has 0 saturated carbocycles. The molecule has 1 aromatic rings. The molecule has 0 fully saturated rings. The average molecular weight is 196 g/mol. The van der Waals surface area contributed by atoms with Gasteiger partial charge in [0.1, 0.15) is 0 Å². The van der Waals surface area contributed by atoms with Crippen LogP contribution in [-0.2, 0) is 4.57 Å². The standard InChI is InChI=1S/C9H13N2OP/c1-6-4-7(2)9(8(3)5-6)10-11-13-12/h4-5,10H,1-3H3,(H,11,12). The molecule has 0 saturated heterocycles. The van der Waals surface area contributed by atoms with Crippen LogP contribution in [0.25, 0.3) is 0 Å². The van der Waals surface area contributed by atoms with Crippen molar-refractivity contribution in [3.8, 4) is 0 Å². The molecule has 13 heavy (non-hydrogen) atoms. The van der Waals surface area contributed by atoms with Crippen molar-refractivity contribution in [2.24, 2.45) is 0 Å². The summed E-state index contributed by atoms with van der Waals surface area (Å²) >= 11 is 0. The number of nitrogens with one attached hydrogen (secondary N) is 2. The molecule has 4 heteroatoms. The van der Waals surface area contributed by atoms with E-state index in [0.29, 0.717) is 0 Å². The summed E-state index contributed by atoms with van der Waals surface area (Å²) in [6.07, 6.45) is 0. The van der Waals surface area contributed by atoms with E-state index in [-0.39, 0.29) is 8.61 Å². The van der Waals surface area contributed by atoms with E-state index in [1.165, 1.54) is 5.56 Å². The molecule has 2 N–H and O–H groups in total. The van der Waals surface area contributed by atoms with E-state index >= 15 is 0 Å². The summed E-state index contributed by atoms with van der Waals surface area (Å²) in [6, 6.07) is 4.16. The molecule has 1 aromatic carbocycles. The lowest BCUT2D eigenvalue weighted by Crippen LogP contribution is -2.11. The van der Waals surface area contributed by atoms with Crippen molar-refractivity contribution < 1.29 is 4.57 Å². The summed E-state index contributed by atoms with van der Waals surface area (Å²) in [6.45, 7) is 6.10. The third-order valence-corrected chi connectivity index (χ3v) is 2.11. The lowest BCUT2D eigenvalue weighted by molar-refractivity contribution is 0.594. The quantitative estimate of drug-likeness (QED) is 0.576. The molecule has 0 heterocycles. The van der Waals surface area contributed by atoms with Crippen molar-refractivity contribution in [1.82, 2.24) is 5.20 Å². The van der Waals surface area contributed by atoms with Crippen molar-refractivity contribution in [3.05, 3.63) is 28.8 Å². The van der Waals surface area contributed by atoms with Crippen molar-refractivity contribution in [3.63, 3.8) is 0 Å². The molecule has 0 unspecified atom stereocenters. The molecule has 1 rings (SSSR count). The zero-order valence-electron chi connectivity index (χ0n) is 8.01. The third-order valence-electron chi connectivity index (χ3n) is 1.90. The topological polar surface area (TPSA) is 41.1 Å². The number of anilines is 1. The Morgan fingerprint density at radius 3 is 2.15 bits per heavy atom. The lowest BCUT2D eigenvalue weighted by atomic mass is 10.1. The van der Waals surface area contributed by atoms with Gasteiger partial charge in [-0.25, -0.2) is 0 Å². The van der Waals surface area contributed by atoms with E-state index in [2.05, 4.69) is 29.7 Å². The molecule has 3 nitrogen and oxygen atoms in total. The minimum Gasteiger partial charge on any atom is -0.311 e. The minimum absolute atomic E-state index is 0.115. The Kier molecular flexibility index (Phi) is 3.40. The number of hydrogen-bond donors (Lipinski definition) is 2. The van der Waals surface area contributed by atoms with Gasteiger partial charge in [0.15, 0.2) is 0 Å². The molecule has 0 atom stereocenters. The summed E-state index contributed by atoms with van der Waals surface area (Å²) in [5.74, 6) is 0. The first-order chi connectivity index (χ1) is 6.15. The smallest absolute Gasteiger partial charge is 0.265 e. The highest BCUT2D eigenvalue weighted by Gasteiger charge is 2.01. The molecule has 0 amide bonds. The highest BCUT2D eigenvalue weighted by molar-refractivity contribution is 7.21. The first-order valence-electron chi connectivity index (χ1n) is 4.06. The van der Waals surface area contributed by atoms with Crippen molar-refractivity contribution in [1.29, 1.82) is 0 Å². The molecule has 0 aliphatic heterocycles. The molecular weight excluding hydrogens is 183 g/mol. The Morgan fingerprint density at radius 1 is 1.15 bits per heavy atom. The van der Waals surface area contributed by atoms with Crippen LogP contribution in [0.5, 0.6) is 0 Å². The van der Waals surface area contributed by atoms with Crippen LogP contribution in [0.2, 0.25) is 0 Å². The van der Waals surface area contributed by atoms with Crippen LogP contribution in [0.1, 0.15) is 16.7 Å². The molecule has 0 aliphatic carbocycles. The van der Waals surface area contributed by atoms with Gasteiger partial charge in [-0.1, -0.05) is 17.7 Å². The third kappa shape index (κ3) is 2.51. The van der Waals surface area contributed by atoms with Crippen LogP contribution < -0.4 is 10.6 Å². The second kappa shape index (κ2) is 4.35. The molecule has 0 aromatic heterocycles. The van der Waals surface area contributed by atoms with E-state index in [9.17, 15) is 4.57 Å². The van der Waals surface area contributed by atoms with Crippen molar-refractivity contribution in [2.45, 2.75) is 20.8 Å². The van der Waals surface area contributed by atoms with Gasteiger partial charge in [-0.2, -0.15) is 5.20 Å². The zero-order valence-corrected chi connectivity index (χ0v) is 8.90. The summed E-state index contributed by atoms with van der Waals surface area (Å²) in [5.41, 5.74) is 7.41. The predicted octanol–water partition coefficient (Wildman–Crippen LogP) is 2.74. The van der Waals surface area contributed by atoms with Gasteiger partial charge in [-0.3, -0.25) is 4.57 Å². The molecular formula is C9H13N2OP. The van der Waals surface area contributed by atoms with Gasteiger partial charge in [-0.15, -0.1) is 0 Å². The molecule has 0 spiro atoms. The van der Waals surface area contributed by atoms with Gasteiger partial charge in [0, 0.05) is 0 Å². The van der Waals surface area contributed by atoms with Gasteiger partial charge in [-0.05, 0) is 31.9 Å². The number of hydrogen-bond acceptors (Lipinski definition) is 2. The van der Waals surface area contributed by atoms with Gasteiger partial charge < -0.3 is 5.43 Å². The Labute approximate surface area is 79.8 Å². The van der Waals surface area contributed by atoms with Gasteiger partial charge in [0.2, 0.25) is 0 Å². The van der Waals surface area contributed by atoms with E-state index < -0.39 is 0 Å². The van der Waals surface area contributed by atoms with Crippen LogP contribution in [0.3, 0.4) is 0 Å². The Bertz CT molecular complexity index is 302. The van der Waals surface area contributed by atoms with Crippen LogP contribution in [0, 0.1) is 20.8 Å². The van der Waals surface area contributed by atoms with Crippen LogP contribution in [-0.4, -0.2) is 0 Å². The highest BCUT2D eigenvalue weighted by Crippen LogP contribution is 2.21. The predicted molar refractivity (Wildman–Crippen MR) is 55.0 cm³/mol. The number of aryl methyl sites for hydroxylation is 3. The Balaban J connectivity index is 2.98. The minimum atomic E-state index is -0.115. The number of hydrazine groups is 1. The van der Waals surface area contributed by atoms with E-state index in [0.717, 1.165) is 16.8 Å². The van der Waals surface area contributed by atoms with Crippen molar-refractivity contribution >= 4 is 14.3 Å². The van der Waals surface area contributed by atoms with Crippen LogP contribution >= 0.6 is 8.61 Å². The summed E-state index contributed by atoms with van der Waals surface area (Å²) < 4.78 is 10.2. The number of rotatable bonds is 3. The second-order valence-electron chi connectivity index (χ2n) is 3.10. The SMILES string of the molecule is Cc1cc(C)c(NNP=O)c(C)c1. The normalized spacial score (nSPS) is 10.4. The highest BCUT2D eigenvalue weighted by atomic mass is 31.1. The van der Waals surface area contributed by atoms with Crippen LogP contribution in [0.15, 0.2) is 12.1 Å². The summed E-state index contributed by atoms with van der Waals surface area (Å²) in [7, 11) is -0.115. The Morgan fingerprint density at radius 2 is 1.69 bits per heavy atom. The molecule has 0 aliphatic rings. The fourth-order valence-electron chi connectivity index (χ4n) is 1.46. The first-order valence-corrected chi connectivity index (χ1v) is 4.87. The van der Waals surface area contributed by atoms with E-state index in [4.69, 9.17) is 0 Å². The fraction of sp³-hybridized carbons (Fsp3) is 0.333. The molecule has 0 radical (unpaired) electrons. The zero-order chi connectivity index (χ0) is 9.84. The maximum absolute atomic E-state index is 10.2. The summed E-state index contributed by atoms with van der Waals surface area (Å²) in [4.78, 5) is 0. The maximum Gasteiger partial charge on any atom is 0.265 e. The molecule has 70 valence electrons. The monoisotopic (exact) mass is 196 g/mol. The average Bonchev–Trinajstić information content (AvgIpc) is 2.02. The van der Waals surface area contributed by atoms with E-state index in [1.54, 1.807) is 0 Å². The van der Waals surface area contributed by atoms with Gasteiger partial charge in [0.05, 0.1) is 5.69 Å². The summed E-state index contributed by atoms with van der Waals surface area (Å²) in [5, 5.41) is 2.53. The van der Waals surface area contributed by atoms with Gasteiger partial charge in [0.25, 0.3) is 8.61 Å². The maximum atomic E-state index is 10.2. The van der Waals surface area contributed by atoms with Gasteiger partial charge >= 0.3 is 0 Å².